The van der Waals surface area contributed by atoms with Crippen molar-refractivity contribution < 1.29 is 19.1 Å². The minimum absolute atomic E-state index is 0.0311. The van der Waals surface area contributed by atoms with Crippen molar-refractivity contribution in [2.75, 3.05) is 11.5 Å². The third kappa shape index (κ3) is 2.22. The van der Waals surface area contributed by atoms with Crippen molar-refractivity contribution >= 4 is 23.3 Å². The Morgan fingerprint density at radius 1 is 1.03 bits per heavy atom. The van der Waals surface area contributed by atoms with Crippen LogP contribution in [0.15, 0.2) is 30.3 Å². The van der Waals surface area contributed by atoms with E-state index >= 15 is 0 Å². The lowest BCUT2D eigenvalue weighted by Crippen LogP contribution is -2.58. The second kappa shape index (κ2) is 6.12. The van der Waals surface area contributed by atoms with Crippen molar-refractivity contribution in [3.63, 3.8) is 0 Å². The van der Waals surface area contributed by atoms with E-state index < -0.39 is 6.29 Å². The molecule has 9 rings (SSSR count). The number of hydrogen-bond donors (Lipinski definition) is 0. The van der Waals surface area contributed by atoms with Crippen LogP contribution in [-0.4, -0.2) is 42.7 Å². The van der Waals surface area contributed by atoms with Gasteiger partial charge in [0.2, 0.25) is 6.29 Å². The van der Waals surface area contributed by atoms with Crippen LogP contribution in [0.3, 0.4) is 0 Å². The van der Waals surface area contributed by atoms with E-state index in [-0.39, 0.29) is 41.2 Å². The highest BCUT2D eigenvalue weighted by Gasteiger charge is 2.66. The molecule has 0 radical (unpaired) electrons. The summed E-state index contributed by atoms with van der Waals surface area (Å²) in [5, 5.41) is 0. The van der Waals surface area contributed by atoms with Crippen LogP contribution in [0.4, 0.5) is 5.69 Å². The quantitative estimate of drug-likeness (QED) is 0.716. The smallest absolute Gasteiger partial charge is 0.218 e. The Kier molecular flexibility index (Phi) is 3.53. The largest absolute Gasteiger partial charge is 0.353 e. The van der Waals surface area contributed by atoms with Gasteiger partial charge in [0.05, 0.1) is 30.7 Å². The SMILES string of the molecule is O=C1C2OCC(O2)C2C1C1C=Cc3ccccc3N1C2C(=O)C12CC3CC(CC(C3)C1)C2. The first-order valence-electron chi connectivity index (χ1n) is 12.5. The molecule has 0 N–H and O–H groups in total. The van der Waals surface area contributed by atoms with Gasteiger partial charge >= 0.3 is 0 Å². The zero-order valence-electron chi connectivity index (χ0n) is 18.2. The molecule has 4 aliphatic heterocycles. The lowest BCUT2D eigenvalue weighted by molar-refractivity contribution is -0.166. The van der Waals surface area contributed by atoms with Gasteiger partial charge in [-0.3, -0.25) is 9.59 Å². The molecule has 0 amide bonds. The topological polar surface area (TPSA) is 55.8 Å². The lowest BCUT2D eigenvalue weighted by atomic mass is 9.47. The predicted molar refractivity (Wildman–Crippen MR) is 118 cm³/mol. The maximum Gasteiger partial charge on any atom is 0.218 e. The van der Waals surface area contributed by atoms with Gasteiger partial charge in [-0.05, 0) is 67.9 Å². The summed E-state index contributed by atoms with van der Waals surface area (Å²) >= 11 is 0. The Balaban J connectivity index is 1.28. The summed E-state index contributed by atoms with van der Waals surface area (Å²) in [6.07, 6.45) is 10.5. The molecule has 0 aromatic heterocycles. The van der Waals surface area contributed by atoms with Crippen LogP contribution >= 0.6 is 0 Å². The number of hydrogen-bond acceptors (Lipinski definition) is 5. The van der Waals surface area contributed by atoms with E-state index in [0.717, 1.165) is 48.3 Å². The highest BCUT2D eigenvalue weighted by atomic mass is 16.7. The number of anilines is 1. The number of Topliss-reactive ketones (excluding diaryl/α,β-unsaturated/α-hetero) is 2. The predicted octanol–water partition coefficient (Wildman–Crippen LogP) is 3.61. The number of benzene rings is 1. The van der Waals surface area contributed by atoms with Crippen LogP contribution < -0.4 is 4.90 Å². The Labute approximate surface area is 188 Å². The van der Waals surface area contributed by atoms with E-state index in [1.165, 1.54) is 19.3 Å². The monoisotopic (exact) mass is 431 g/mol. The number of carbonyl (C=O) groups excluding carboxylic acids is 2. The van der Waals surface area contributed by atoms with Crippen LogP contribution in [-0.2, 0) is 19.1 Å². The minimum atomic E-state index is -0.748. The van der Waals surface area contributed by atoms with Gasteiger partial charge in [-0.25, -0.2) is 0 Å². The molecular weight excluding hydrogens is 402 g/mol. The number of fused-ring (bicyclic) bond motifs is 8. The van der Waals surface area contributed by atoms with Gasteiger partial charge < -0.3 is 14.4 Å². The third-order valence-electron chi connectivity index (χ3n) is 9.99. The number of para-hydroxylation sites is 1. The lowest BCUT2D eigenvalue weighted by Gasteiger charge is -2.57. The summed E-state index contributed by atoms with van der Waals surface area (Å²) in [5.74, 6) is 2.24. The summed E-state index contributed by atoms with van der Waals surface area (Å²) in [7, 11) is 0. The molecule has 4 saturated carbocycles. The molecule has 5 nitrogen and oxygen atoms in total. The first-order valence-corrected chi connectivity index (χ1v) is 12.5. The third-order valence-corrected chi connectivity index (χ3v) is 9.99. The van der Waals surface area contributed by atoms with Crippen LogP contribution in [0.25, 0.3) is 6.08 Å². The summed E-state index contributed by atoms with van der Waals surface area (Å²) in [4.78, 5) is 30.5. The molecule has 5 heteroatoms. The fourth-order valence-electron chi connectivity index (χ4n) is 9.30. The summed E-state index contributed by atoms with van der Waals surface area (Å²) in [6, 6.07) is 7.96. The van der Waals surface area contributed by atoms with Crippen LogP contribution in [0.2, 0.25) is 0 Å². The van der Waals surface area contributed by atoms with Gasteiger partial charge in [0.25, 0.3) is 0 Å². The number of carbonyl (C=O) groups is 2. The van der Waals surface area contributed by atoms with Gasteiger partial charge in [-0.15, -0.1) is 0 Å². The zero-order chi connectivity index (χ0) is 21.2. The Bertz CT molecular complexity index is 1030. The average Bonchev–Trinajstić information content (AvgIpc) is 3.37. The minimum Gasteiger partial charge on any atom is -0.353 e. The molecule has 8 aliphatic rings. The van der Waals surface area contributed by atoms with Gasteiger partial charge in [-0.2, -0.15) is 0 Å². The van der Waals surface area contributed by atoms with Gasteiger partial charge in [0.1, 0.15) is 0 Å². The summed E-state index contributed by atoms with van der Waals surface area (Å²) in [5.41, 5.74) is 2.04. The molecule has 1 aromatic carbocycles. The van der Waals surface area contributed by atoms with Gasteiger partial charge in [-0.1, -0.05) is 30.4 Å². The highest BCUT2D eigenvalue weighted by molar-refractivity contribution is 5.99. The molecule has 4 aliphatic carbocycles. The molecule has 1 aromatic rings. The van der Waals surface area contributed by atoms with Crippen LogP contribution in [0.5, 0.6) is 0 Å². The molecule has 6 bridgehead atoms. The van der Waals surface area contributed by atoms with Crippen molar-refractivity contribution in [2.24, 2.45) is 35.0 Å². The summed E-state index contributed by atoms with van der Waals surface area (Å²) < 4.78 is 11.8. The van der Waals surface area contributed by atoms with Crippen molar-refractivity contribution in [1.29, 1.82) is 0 Å². The molecule has 7 fully saturated rings. The first-order chi connectivity index (χ1) is 15.6. The second-order valence-corrected chi connectivity index (χ2v) is 11.7. The first kappa shape index (κ1) is 18.4. The van der Waals surface area contributed by atoms with E-state index in [4.69, 9.17) is 9.47 Å². The Hall–Kier alpha value is -1.98. The average molecular weight is 432 g/mol. The molecule has 32 heavy (non-hydrogen) atoms. The fraction of sp³-hybridized carbons (Fsp3) is 0.630. The van der Waals surface area contributed by atoms with Crippen molar-refractivity contribution in [3.05, 3.63) is 35.9 Å². The maximum atomic E-state index is 14.7. The standard InChI is InChI=1S/C27H29NO4/c29-24-21-19-6-5-17-3-1-2-4-18(17)28(19)23(22(21)20-13-31-26(24)32-20)25(30)27-10-14-7-15(11-27)9-16(8-14)12-27/h1-6,14-16,19-23,26H,7-13H2. The Morgan fingerprint density at radius 2 is 1.75 bits per heavy atom. The molecule has 166 valence electrons. The summed E-state index contributed by atoms with van der Waals surface area (Å²) in [6.45, 7) is 0.425. The van der Waals surface area contributed by atoms with E-state index in [9.17, 15) is 9.59 Å². The van der Waals surface area contributed by atoms with E-state index in [2.05, 4.69) is 35.3 Å². The molecular formula is C27H29NO4. The molecule has 6 unspecified atom stereocenters. The van der Waals surface area contributed by atoms with E-state index in [1.807, 2.05) is 6.07 Å². The van der Waals surface area contributed by atoms with Crippen LogP contribution in [0, 0.1) is 35.0 Å². The highest BCUT2D eigenvalue weighted by Crippen LogP contribution is 2.62. The second-order valence-electron chi connectivity index (χ2n) is 11.7. The molecule has 6 atom stereocenters. The number of ether oxygens (including phenoxy) is 2. The van der Waals surface area contributed by atoms with Gasteiger partial charge in [0.15, 0.2) is 11.6 Å². The molecule has 0 spiro atoms. The van der Waals surface area contributed by atoms with Crippen LogP contribution in [0.1, 0.15) is 44.1 Å². The van der Waals surface area contributed by atoms with Crippen molar-refractivity contribution in [3.8, 4) is 0 Å². The maximum absolute atomic E-state index is 14.7. The molecule has 3 saturated heterocycles. The number of ketones is 2. The van der Waals surface area contributed by atoms with Gasteiger partial charge in [0, 0.05) is 17.0 Å². The number of rotatable bonds is 2. The molecule has 4 heterocycles. The van der Waals surface area contributed by atoms with Crippen molar-refractivity contribution in [2.45, 2.75) is 63.0 Å². The normalized spacial score (nSPS) is 49.2. The number of nitrogens with zero attached hydrogens (tertiary/aromatic N) is 1. The zero-order valence-corrected chi connectivity index (χ0v) is 18.2. The van der Waals surface area contributed by atoms with E-state index in [0.29, 0.717) is 12.4 Å². The fourth-order valence-corrected chi connectivity index (χ4v) is 9.30. The Morgan fingerprint density at radius 3 is 2.50 bits per heavy atom. The van der Waals surface area contributed by atoms with E-state index in [1.54, 1.807) is 0 Å². The van der Waals surface area contributed by atoms with Crippen molar-refractivity contribution in [1.82, 2.24) is 0 Å².